The first-order valence-corrected chi connectivity index (χ1v) is 6.23. The summed E-state index contributed by atoms with van der Waals surface area (Å²) >= 11 is 5.85. The van der Waals surface area contributed by atoms with Crippen molar-refractivity contribution in [2.45, 2.75) is 33.6 Å². The van der Waals surface area contributed by atoms with Gasteiger partial charge in [-0.2, -0.15) is 0 Å². The molecular weight excluding hydrogens is 238 g/mol. The van der Waals surface area contributed by atoms with E-state index in [9.17, 15) is 4.79 Å². The van der Waals surface area contributed by atoms with E-state index in [0.717, 1.165) is 36.5 Å². The highest BCUT2D eigenvalue weighted by molar-refractivity contribution is 6.28. The van der Waals surface area contributed by atoms with Gasteiger partial charge in [-0.15, -0.1) is 0 Å². The fourth-order valence-electron chi connectivity index (χ4n) is 2.16. The Morgan fingerprint density at radius 1 is 1.41 bits per heavy atom. The molecule has 0 atom stereocenters. The molecule has 1 aromatic heterocycles. The van der Waals surface area contributed by atoms with Gasteiger partial charge < -0.3 is 4.90 Å². The molecule has 0 bridgehead atoms. The van der Waals surface area contributed by atoms with Crippen molar-refractivity contribution in [3.8, 4) is 0 Å². The van der Waals surface area contributed by atoms with Gasteiger partial charge >= 0.3 is 0 Å². The quantitative estimate of drug-likeness (QED) is 0.722. The van der Waals surface area contributed by atoms with Gasteiger partial charge in [0.05, 0.1) is 17.1 Å². The van der Waals surface area contributed by atoms with Crippen molar-refractivity contribution in [3.63, 3.8) is 0 Å². The van der Waals surface area contributed by atoms with Crippen LogP contribution in [0, 0.1) is 12.8 Å². The Morgan fingerprint density at radius 3 is 2.76 bits per heavy atom. The van der Waals surface area contributed by atoms with Crippen LogP contribution in [0.5, 0.6) is 0 Å². The van der Waals surface area contributed by atoms with E-state index in [2.05, 4.69) is 9.97 Å². The smallest absolute Gasteiger partial charge is 0.229 e. The fraction of sp³-hybridized carbons (Fsp3) is 0.583. The van der Waals surface area contributed by atoms with Crippen molar-refractivity contribution in [1.29, 1.82) is 0 Å². The first-order chi connectivity index (χ1) is 8.00. The molecule has 0 aliphatic carbocycles. The van der Waals surface area contributed by atoms with Gasteiger partial charge in [0.15, 0.2) is 0 Å². The molecule has 0 N–H and O–H groups in total. The minimum Gasteiger partial charge on any atom is -0.309 e. The molecule has 1 aliphatic rings. The maximum Gasteiger partial charge on any atom is 0.229 e. The lowest BCUT2D eigenvalue weighted by Gasteiger charge is -2.31. The summed E-state index contributed by atoms with van der Waals surface area (Å²) in [6.07, 6.45) is 1.79. The van der Waals surface area contributed by atoms with Crippen molar-refractivity contribution in [2.24, 2.45) is 5.92 Å². The van der Waals surface area contributed by atoms with E-state index in [1.54, 1.807) is 4.90 Å². The number of aromatic nitrogens is 2. The van der Waals surface area contributed by atoms with Crippen LogP contribution < -0.4 is 4.90 Å². The van der Waals surface area contributed by atoms with Crippen molar-refractivity contribution in [1.82, 2.24) is 9.97 Å². The molecular formula is C12H16ClN3O. The number of aryl methyl sites for hydroxylation is 2. The van der Waals surface area contributed by atoms with Gasteiger partial charge in [0.1, 0.15) is 0 Å². The van der Waals surface area contributed by atoms with E-state index >= 15 is 0 Å². The number of carbonyl (C=O) groups is 1. The van der Waals surface area contributed by atoms with Crippen LogP contribution >= 0.6 is 11.6 Å². The van der Waals surface area contributed by atoms with Crippen LogP contribution in [0.25, 0.3) is 0 Å². The average Bonchev–Trinajstić information content (AvgIpc) is 2.26. The maximum atomic E-state index is 12.1. The third-order valence-corrected chi connectivity index (χ3v) is 3.10. The van der Waals surface area contributed by atoms with Crippen LogP contribution in [0.2, 0.25) is 5.28 Å². The average molecular weight is 254 g/mol. The van der Waals surface area contributed by atoms with Crippen molar-refractivity contribution in [3.05, 3.63) is 16.7 Å². The summed E-state index contributed by atoms with van der Waals surface area (Å²) in [7, 11) is 0. The number of rotatable bonds is 1. The van der Waals surface area contributed by atoms with E-state index in [1.807, 2.05) is 20.8 Å². The molecule has 4 nitrogen and oxygen atoms in total. The molecule has 0 aromatic carbocycles. The van der Waals surface area contributed by atoms with Gasteiger partial charge in [-0.3, -0.25) is 4.79 Å². The number of amides is 1. The number of fused-ring (bicyclic) bond motifs is 1. The van der Waals surface area contributed by atoms with E-state index in [0.29, 0.717) is 0 Å². The number of nitrogens with zero attached hydrogens (tertiary/aromatic N) is 3. The second-order valence-corrected chi connectivity index (χ2v) is 4.96. The van der Waals surface area contributed by atoms with Gasteiger partial charge in [-0.1, -0.05) is 13.8 Å². The molecule has 0 fully saturated rings. The summed E-state index contributed by atoms with van der Waals surface area (Å²) < 4.78 is 0. The Kier molecular flexibility index (Phi) is 3.33. The van der Waals surface area contributed by atoms with Crippen molar-refractivity contribution in [2.75, 3.05) is 11.4 Å². The predicted octanol–water partition coefficient (Wildman–Crippen LogP) is 2.37. The highest BCUT2D eigenvalue weighted by atomic mass is 35.5. The molecule has 2 heterocycles. The molecule has 0 saturated heterocycles. The zero-order valence-corrected chi connectivity index (χ0v) is 11.1. The Bertz CT molecular complexity index is 459. The van der Waals surface area contributed by atoms with Gasteiger partial charge in [0.2, 0.25) is 11.2 Å². The lowest BCUT2D eigenvalue weighted by molar-refractivity contribution is -0.121. The standard InChI is InChI=1S/C12H16ClN3O/c1-7(2)11(17)16-6-4-5-9-10(16)8(3)14-12(13)15-9/h7H,4-6H2,1-3H3. The molecule has 5 heteroatoms. The second kappa shape index (κ2) is 4.61. The Balaban J connectivity index is 2.47. The zero-order valence-electron chi connectivity index (χ0n) is 10.3. The highest BCUT2D eigenvalue weighted by Gasteiger charge is 2.27. The third-order valence-electron chi connectivity index (χ3n) is 2.93. The van der Waals surface area contributed by atoms with Gasteiger partial charge in [0, 0.05) is 12.5 Å². The molecule has 1 aromatic rings. The SMILES string of the molecule is Cc1nc(Cl)nc2c1N(C(=O)C(C)C)CCC2. The van der Waals surface area contributed by atoms with E-state index in [-0.39, 0.29) is 17.1 Å². The first-order valence-electron chi connectivity index (χ1n) is 5.85. The number of carbonyl (C=O) groups excluding carboxylic acids is 1. The van der Waals surface area contributed by atoms with Gasteiger partial charge in [0.25, 0.3) is 0 Å². The summed E-state index contributed by atoms with van der Waals surface area (Å²) in [4.78, 5) is 22.3. The van der Waals surface area contributed by atoms with Crippen LogP contribution in [0.1, 0.15) is 31.7 Å². The number of hydrogen-bond donors (Lipinski definition) is 0. The normalized spacial score (nSPS) is 15.0. The summed E-state index contributed by atoms with van der Waals surface area (Å²) in [6.45, 7) is 6.43. The molecule has 0 saturated carbocycles. The molecule has 0 radical (unpaired) electrons. The molecule has 92 valence electrons. The Labute approximate surface area is 106 Å². The summed E-state index contributed by atoms with van der Waals surface area (Å²) in [6, 6.07) is 0. The monoisotopic (exact) mass is 253 g/mol. The Hall–Kier alpha value is -1.16. The second-order valence-electron chi connectivity index (χ2n) is 4.62. The lowest BCUT2D eigenvalue weighted by Crippen LogP contribution is -2.39. The largest absolute Gasteiger partial charge is 0.309 e. The maximum absolute atomic E-state index is 12.1. The number of hydrogen-bond acceptors (Lipinski definition) is 3. The third kappa shape index (κ3) is 2.27. The van der Waals surface area contributed by atoms with Crippen LogP contribution in [-0.4, -0.2) is 22.4 Å². The van der Waals surface area contributed by atoms with Crippen molar-refractivity contribution >= 4 is 23.2 Å². The molecule has 17 heavy (non-hydrogen) atoms. The number of halogens is 1. The van der Waals surface area contributed by atoms with Gasteiger partial charge in [-0.25, -0.2) is 9.97 Å². The summed E-state index contributed by atoms with van der Waals surface area (Å²) in [5.41, 5.74) is 2.54. The molecule has 0 spiro atoms. The van der Waals surface area contributed by atoms with E-state index < -0.39 is 0 Å². The van der Waals surface area contributed by atoms with Crippen molar-refractivity contribution < 1.29 is 4.79 Å². The first kappa shape index (κ1) is 12.3. The van der Waals surface area contributed by atoms with E-state index in [4.69, 9.17) is 11.6 Å². The minimum absolute atomic E-state index is 0.0176. The predicted molar refractivity (Wildman–Crippen MR) is 67.3 cm³/mol. The Morgan fingerprint density at radius 2 is 2.12 bits per heavy atom. The fourth-order valence-corrected chi connectivity index (χ4v) is 2.39. The highest BCUT2D eigenvalue weighted by Crippen LogP contribution is 2.30. The van der Waals surface area contributed by atoms with Gasteiger partial charge in [-0.05, 0) is 31.4 Å². The molecule has 1 amide bonds. The number of anilines is 1. The summed E-state index contributed by atoms with van der Waals surface area (Å²) in [5, 5.41) is 0.264. The van der Waals surface area contributed by atoms with Crippen LogP contribution in [-0.2, 0) is 11.2 Å². The molecule has 1 aliphatic heterocycles. The topological polar surface area (TPSA) is 46.1 Å². The van der Waals surface area contributed by atoms with Crippen LogP contribution in [0.15, 0.2) is 0 Å². The molecule has 0 unspecified atom stereocenters. The van der Waals surface area contributed by atoms with Crippen LogP contribution in [0.3, 0.4) is 0 Å². The zero-order chi connectivity index (χ0) is 12.6. The minimum atomic E-state index is -0.0176. The van der Waals surface area contributed by atoms with Crippen LogP contribution in [0.4, 0.5) is 5.69 Å². The lowest BCUT2D eigenvalue weighted by atomic mass is 10.0. The van der Waals surface area contributed by atoms with E-state index in [1.165, 1.54) is 0 Å². The molecule has 2 rings (SSSR count). The summed E-state index contributed by atoms with van der Waals surface area (Å²) in [5.74, 6) is 0.107.